The third kappa shape index (κ3) is 5.51. The number of halogens is 1. The summed E-state index contributed by atoms with van der Waals surface area (Å²) in [6.07, 6.45) is 3.73. The summed E-state index contributed by atoms with van der Waals surface area (Å²) in [7, 11) is 1.69. The number of piperazine rings is 1. The van der Waals surface area contributed by atoms with E-state index in [4.69, 9.17) is 9.47 Å². The second kappa shape index (κ2) is 11.0. The highest BCUT2D eigenvalue weighted by molar-refractivity contribution is 5.85. The summed E-state index contributed by atoms with van der Waals surface area (Å²) in [5.74, 6) is 1.54. The minimum atomic E-state index is 0. The molecule has 1 saturated heterocycles. The van der Waals surface area contributed by atoms with Crippen molar-refractivity contribution in [3.63, 3.8) is 0 Å². The summed E-state index contributed by atoms with van der Waals surface area (Å²) in [4.78, 5) is 6.66. The average molecular weight is 426 g/mol. The van der Waals surface area contributed by atoms with Gasteiger partial charge in [0.25, 0.3) is 0 Å². The third-order valence-electron chi connectivity index (χ3n) is 5.30. The molecule has 1 fully saturated rings. The van der Waals surface area contributed by atoms with Crippen LogP contribution in [0, 0.1) is 0 Å². The molecule has 0 saturated carbocycles. The van der Waals surface area contributed by atoms with Crippen molar-refractivity contribution in [3.05, 3.63) is 89.7 Å². The number of methoxy groups -OCH3 is 1. The molecule has 1 N–H and O–H groups in total. The summed E-state index contributed by atoms with van der Waals surface area (Å²) in [5, 5.41) is 3.51. The lowest BCUT2D eigenvalue weighted by Crippen LogP contribution is -2.45. The van der Waals surface area contributed by atoms with Crippen molar-refractivity contribution in [2.75, 3.05) is 26.7 Å². The van der Waals surface area contributed by atoms with Crippen molar-refractivity contribution in [2.24, 2.45) is 0 Å². The van der Waals surface area contributed by atoms with Crippen LogP contribution in [0.15, 0.2) is 73.1 Å². The Morgan fingerprint density at radius 3 is 2.57 bits per heavy atom. The van der Waals surface area contributed by atoms with Gasteiger partial charge in [-0.3, -0.25) is 9.88 Å². The molecule has 0 amide bonds. The Morgan fingerprint density at radius 2 is 1.80 bits per heavy atom. The monoisotopic (exact) mass is 425 g/mol. The Hall–Kier alpha value is -2.60. The average Bonchev–Trinajstić information content (AvgIpc) is 2.80. The van der Waals surface area contributed by atoms with Gasteiger partial charge in [0.05, 0.1) is 7.11 Å². The molecule has 1 unspecified atom stereocenters. The summed E-state index contributed by atoms with van der Waals surface area (Å²) in [6, 6.07) is 21.0. The van der Waals surface area contributed by atoms with Gasteiger partial charge < -0.3 is 14.8 Å². The molecule has 5 nitrogen and oxygen atoms in total. The lowest BCUT2D eigenvalue weighted by molar-refractivity contribution is 0.153. The first-order chi connectivity index (χ1) is 14.3. The largest absolute Gasteiger partial charge is 0.493 e. The van der Waals surface area contributed by atoms with Crippen molar-refractivity contribution in [1.82, 2.24) is 15.2 Å². The number of ether oxygens (including phenoxy) is 2. The van der Waals surface area contributed by atoms with E-state index in [1.165, 1.54) is 11.1 Å². The Bertz CT molecular complexity index is 909. The van der Waals surface area contributed by atoms with Gasteiger partial charge in [-0.2, -0.15) is 0 Å². The standard InChI is InChI=1S/C24H27N3O2.ClH/c1-28-24-15-20(7-8-23(24)29-18-19-5-3-2-4-6-19)17-27-14-13-26-16-22(27)21-9-11-25-12-10-21;/h2-12,15,22,26H,13-14,16-18H2,1H3;1H. The minimum Gasteiger partial charge on any atom is -0.493 e. The normalized spacial score (nSPS) is 16.5. The van der Waals surface area contributed by atoms with E-state index in [0.717, 1.165) is 43.2 Å². The SMILES string of the molecule is COc1cc(CN2CCNCC2c2ccncc2)ccc1OCc1ccccc1.Cl. The summed E-state index contributed by atoms with van der Waals surface area (Å²) in [6.45, 7) is 4.33. The highest BCUT2D eigenvalue weighted by Gasteiger charge is 2.24. The molecular formula is C24H28ClN3O2. The zero-order valence-corrected chi connectivity index (χ0v) is 18.0. The molecule has 1 aliphatic rings. The van der Waals surface area contributed by atoms with Gasteiger partial charge in [0, 0.05) is 44.6 Å². The Morgan fingerprint density at radius 1 is 1.00 bits per heavy atom. The van der Waals surface area contributed by atoms with E-state index in [1.54, 1.807) is 7.11 Å². The maximum absolute atomic E-state index is 5.99. The molecule has 1 aliphatic heterocycles. The first-order valence-corrected chi connectivity index (χ1v) is 10.0. The van der Waals surface area contributed by atoms with Crippen LogP contribution in [-0.4, -0.2) is 36.6 Å². The molecule has 0 spiro atoms. The topological polar surface area (TPSA) is 46.6 Å². The van der Waals surface area contributed by atoms with Gasteiger partial charge in [0.2, 0.25) is 0 Å². The molecular weight excluding hydrogens is 398 g/mol. The smallest absolute Gasteiger partial charge is 0.161 e. The number of hydrogen-bond donors (Lipinski definition) is 1. The maximum Gasteiger partial charge on any atom is 0.161 e. The third-order valence-corrected chi connectivity index (χ3v) is 5.30. The van der Waals surface area contributed by atoms with Crippen molar-refractivity contribution in [2.45, 2.75) is 19.2 Å². The zero-order chi connectivity index (χ0) is 19.9. The predicted molar refractivity (Wildman–Crippen MR) is 121 cm³/mol. The number of pyridine rings is 1. The van der Waals surface area contributed by atoms with E-state index in [0.29, 0.717) is 12.6 Å². The summed E-state index contributed by atoms with van der Waals surface area (Å²) >= 11 is 0. The predicted octanol–water partition coefficient (Wildman–Crippen LogP) is 4.24. The van der Waals surface area contributed by atoms with Crippen molar-refractivity contribution in [1.29, 1.82) is 0 Å². The van der Waals surface area contributed by atoms with Gasteiger partial charge >= 0.3 is 0 Å². The van der Waals surface area contributed by atoms with Gasteiger partial charge in [-0.15, -0.1) is 12.4 Å². The fourth-order valence-corrected chi connectivity index (χ4v) is 3.75. The summed E-state index contributed by atoms with van der Waals surface area (Å²) < 4.78 is 11.6. The van der Waals surface area contributed by atoms with E-state index < -0.39 is 0 Å². The Balaban J connectivity index is 0.00000256. The molecule has 4 rings (SSSR count). The molecule has 0 bridgehead atoms. The number of hydrogen-bond acceptors (Lipinski definition) is 5. The van der Waals surface area contributed by atoms with Gasteiger partial charge in [-0.05, 0) is 41.0 Å². The molecule has 30 heavy (non-hydrogen) atoms. The molecule has 1 aromatic heterocycles. The van der Waals surface area contributed by atoms with Gasteiger partial charge in [0.1, 0.15) is 6.61 Å². The fourth-order valence-electron chi connectivity index (χ4n) is 3.75. The molecule has 6 heteroatoms. The van der Waals surface area contributed by atoms with Crippen LogP contribution in [0.5, 0.6) is 11.5 Å². The van der Waals surface area contributed by atoms with E-state index in [1.807, 2.05) is 36.7 Å². The van der Waals surface area contributed by atoms with Crippen LogP contribution in [0.25, 0.3) is 0 Å². The van der Waals surface area contributed by atoms with Crippen LogP contribution in [0.4, 0.5) is 0 Å². The van der Waals surface area contributed by atoms with Crippen LogP contribution >= 0.6 is 12.4 Å². The zero-order valence-electron chi connectivity index (χ0n) is 17.2. The molecule has 1 atom stereocenters. The second-order valence-corrected chi connectivity index (χ2v) is 7.23. The first kappa shape index (κ1) is 22.1. The van der Waals surface area contributed by atoms with Crippen molar-refractivity contribution in [3.8, 4) is 11.5 Å². The van der Waals surface area contributed by atoms with E-state index in [-0.39, 0.29) is 12.4 Å². The molecule has 0 radical (unpaired) electrons. The molecule has 2 heterocycles. The maximum atomic E-state index is 5.99. The van der Waals surface area contributed by atoms with Crippen LogP contribution in [-0.2, 0) is 13.2 Å². The van der Waals surface area contributed by atoms with Crippen LogP contribution in [0.3, 0.4) is 0 Å². The molecule has 0 aliphatic carbocycles. The fraction of sp³-hybridized carbons (Fsp3) is 0.292. The second-order valence-electron chi connectivity index (χ2n) is 7.23. The van der Waals surface area contributed by atoms with Gasteiger partial charge in [0.15, 0.2) is 11.5 Å². The lowest BCUT2D eigenvalue weighted by Gasteiger charge is -2.36. The number of aromatic nitrogens is 1. The minimum absolute atomic E-state index is 0. The van der Waals surface area contributed by atoms with Crippen molar-refractivity contribution >= 4 is 12.4 Å². The number of nitrogens with zero attached hydrogens (tertiary/aromatic N) is 2. The quantitative estimate of drug-likeness (QED) is 0.613. The van der Waals surface area contributed by atoms with E-state index >= 15 is 0 Å². The van der Waals surface area contributed by atoms with Gasteiger partial charge in [-0.25, -0.2) is 0 Å². The lowest BCUT2D eigenvalue weighted by atomic mass is 10.0. The van der Waals surface area contributed by atoms with E-state index in [2.05, 4.69) is 51.6 Å². The first-order valence-electron chi connectivity index (χ1n) is 10.0. The molecule has 158 valence electrons. The number of benzene rings is 2. The van der Waals surface area contributed by atoms with Gasteiger partial charge in [-0.1, -0.05) is 36.4 Å². The molecule has 2 aromatic carbocycles. The summed E-state index contributed by atoms with van der Waals surface area (Å²) in [5.41, 5.74) is 3.65. The van der Waals surface area contributed by atoms with Crippen LogP contribution in [0.2, 0.25) is 0 Å². The van der Waals surface area contributed by atoms with Crippen LogP contribution < -0.4 is 14.8 Å². The van der Waals surface area contributed by atoms with Crippen LogP contribution in [0.1, 0.15) is 22.7 Å². The highest BCUT2D eigenvalue weighted by Crippen LogP contribution is 2.31. The van der Waals surface area contributed by atoms with Crippen molar-refractivity contribution < 1.29 is 9.47 Å². The molecule has 3 aromatic rings. The Labute approximate surface area is 184 Å². The highest BCUT2D eigenvalue weighted by atomic mass is 35.5. The van der Waals surface area contributed by atoms with E-state index in [9.17, 15) is 0 Å². The number of rotatable bonds is 7. The Kier molecular flexibility index (Phi) is 8.08. The number of nitrogens with one attached hydrogen (secondary N) is 1.